The van der Waals surface area contributed by atoms with E-state index in [9.17, 15) is 0 Å². The first-order chi connectivity index (χ1) is 54.1. The van der Waals surface area contributed by atoms with E-state index in [1.807, 2.05) is 0 Å². The minimum Gasteiger partial charge on any atom is -0.311 e. The van der Waals surface area contributed by atoms with Crippen molar-refractivity contribution in [3.63, 3.8) is 0 Å². The van der Waals surface area contributed by atoms with E-state index in [0.29, 0.717) is 0 Å². The van der Waals surface area contributed by atoms with Crippen LogP contribution in [-0.2, 0) is 38.5 Å². The maximum absolute atomic E-state index is 2.41. The van der Waals surface area contributed by atoms with E-state index in [0.717, 1.165) is 141 Å². The first-order valence-corrected chi connectivity index (χ1v) is 41.1. The van der Waals surface area contributed by atoms with Gasteiger partial charge in [-0.2, -0.15) is 0 Å². The number of benzene rings is 13. The highest BCUT2D eigenvalue weighted by Gasteiger charge is 2.23. The van der Waals surface area contributed by atoms with Gasteiger partial charge in [0.1, 0.15) is 0 Å². The van der Waals surface area contributed by atoms with Gasteiger partial charge in [0.2, 0.25) is 0 Å². The molecule has 0 radical (unpaired) electrons. The Hall–Kier alpha value is -11.3. The van der Waals surface area contributed by atoms with Crippen LogP contribution in [0.2, 0.25) is 0 Å². The Morgan fingerprint density at radius 2 is 0.227 bits per heavy atom. The van der Waals surface area contributed by atoms with Crippen molar-refractivity contribution < 1.29 is 0 Å². The molecule has 0 aliphatic carbocycles. The van der Waals surface area contributed by atoms with Gasteiger partial charge in [0.15, 0.2) is 0 Å². The highest BCUT2D eigenvalue weighted by molar-refractivity contribution is 5.87. The molecule has 13 aromatic rings. The molecular formula is C104H112N6. The molecule has 558 valence electrons. The van der Waals surface area contributed by atoms with Crippen LogP contribution in [0.4, 0.5) is 102 Å². The number of hydrogen-bond donors (Lipinski definition) is 0. The van der Waals surface area contributed by atoms with Gasteiger partial charge < -0.3 is 29.4 Å². The normalized spacial score (nSPS) is 11.2. The summed E-state index contributed by atoms with van der Waals surface area (Å²) in [4.78, 5) is 14.4. The molecule has 0 fully saturated rings. The van der Waals surface area contributed by atoms with E-state index < -0.39 is 0 Å². The van der Waals surface area contributed by atoms with Gasteiger partial charge in [0.25, 0.3) is 0 Å². The molecule has 0 aliphatic rings. The summed E-state index contributed by atoms with van der Waals surface area (Å²) < 4.78 is 0. The molecule has 6 heteroatoms. The minimum atomic E-state index is 1.04. The zero-order valence-electron chi connectivity index (χ0n) is 66.4. The number of rotatable bonds is 36. The van der Waals surface area contributed by atoms with Gasteiger partial charge in [-0.15, -0.1) is 0 Å². The molecule has 0 aliphatic heterocycles. The molecule has 0 aromatic heterocycles. The molecule has 0 N–H and O–H groups in total. The summed E-state index contributed by atoms with van der Waals surface area (Å²) in [5, 5.41) is 0. The van der Waals surface area contributed by atoms with E-state index in [4.69, 9.17) is 0 Å². The van der Waals surface area contributed by atoms with Crippen LogP contribution in [0.5, 0.6) is 0 Å². The number of unbranched alkanes of at least 4 members (excludes halogenated alkanes) is 6. The van der Waals surface area contributed by atoms with Crippen LogP contribution in [0.15, 0.2) is 315 Å². The molecule has 6 nitrogen and oxygen atoms in total. The fraction of sp³-hybridized carbons (Fsp3) is 0.250. The smallest absolute Gasteiger partial charge is 0.0463 e. The molecule has 0 atom stereocenters. The summed E-state index contributed by atoms with van der Waals surface area (Å²) in [5.41, 5.74) is 30.4. The van der Waals surface area contributed by atoms with Crippen molar-refractivity contribution in [2.45, 2.75) is 171 Å². The number of hydrogen-bond acceptors (Lipinski definition) is 6. The molecule has 13 aromatic carbocycles. The molecule has 0 unspecified atom stereocenters. The zero-order valence-corrected chi connectivity index (χ0v) is 66.4. The summed E-state index contributed by atoms with van der Waals surface area (Å²) >= 11 is 0. The number of aryl methyl sites for hydroxylation is 8. The van der Waals surface area contributed by atoms with Crippen LogP contribution in [0, 0.1) is 13.8 Å². The Kier molecular flexibility index (Phi) is 26.6. The van der Waals surface area contributed by atoms with Gasteiger partial charge in [-0.1, -0.05) is 188 Å². The van der Waals surface area contributed by atoms with Gasteiger partial charge in [-0.3, -0.25) is 0 Å². The highest BCUT2D eigenvalue weighted by atomic mass is 15.2. The lowest BCUT2D eigenvalue weighted by Crippen LogP contribution is -2.14. The summed E-state index contributed by atoms with van der Waals surface area (Å²) in [6.45, 7) is 17.9. The van der Waals surface area contributed by atoms with Gasteiger partial charge in [-0.25, -0.2) is 0 Å². The topological polar surface area (TPSA) is 19.4 Å². The molecule has 13 rings (SSSR count). The van der Waals surface area contributed by atoms with Crippen molar-refractivity contribution in [1.82, 2.24) is 0 Å². The molecule has 0 saturated heterocycles. The molecule has 0 saturated carbocycles. The number of nitrogens with zero attached hydrogens (tertiary/aromatic N) is 6. The molecule has 0 bridgehead atoms. The monoisotopic (exact) mass is 1440 g/mol. The lowest BCUT2D eigenvalue weighted by molar-refractivity contribution is 0.795. The maximum Gasteiger partial charge on any atom is 0.0463 e. The average Bonchev–Trinajstić information content (AvgIpc) is 0.784. The van der Waals surface area contributed by atoms with Gasteiger partial charge in [-0.05, 0) is 343 Å². The highest BCUT2D eigenvalue weighted by Crippen LogP contribution is 2.46. The third-order valence-electron chi connectivity index (χ3n) is 21.5. The molecule has 0 spiro atoms. The largest absolute Gasteiger partial charge is 0.311 e. The van der Waals surface area contributed by atoms with E-state index in [1.54, 1.807) is 0 Å². The van der Waals surface area contributed by atoms with Crippen molar-refractivity contribution in [2.24, 2.45) is 0 Å². The molecule has 0 heterocycles. The third-order valence-corrected chi connectivity index (χ3v) is 21.5. The average molecular weight is 1450 g/mol. The second-order valence-corrected chi connectivity index (χ2v) is 29.9. The van der Waals surface area contributed by atoms with Gasteiger partial charge in [0, 0.05) is 102 Å². The summed E-state index contributed by atoms with van der Waals surface area (Å²) in [6.07, 6.45) is 20.7. The maximum atomic E-state index is 2.41. The predicted molar refractivity (Wildman–Crippen MR) is 476 cm³/mol. The van der Waals surface area contributed by atoms with E-state index in [-0.39, 0.29) is 0 Å². The Bertz CT molecular complexity index is 4600. The van der Waals surface area contributed by atoms with Crippen LogP contribution >= 0.6 is 0 Å². The zero-order chi connectivity index (χ0) is 76.0. The first-order valence-electron chi connectivity index (χ1n) is 41.1. The van der Waals surface area contributed by atoms with E-state index in [1.165, 1.54) is 122 Å². The molecular weight excluding hydrogens is 1330 g/mol. The first kappa shape index (κ1) is 76.8. The second kappa shape index (κ2) is 38.1. The fourth-order valence-corrected chi connectivity index (χ4v) is 15.0. The SMILES string of the molecule is CCCCc1ccc(N(c2ccc(CCCC)cc2)c2ccc(N(c3ccc(C)cc3)c3ccc(N(c4ccc(C)cc4)c4ccc(N(c5ccc(N(c6ccc(CCCC)cc6)c6ccc(CCCC)cc6)cc5)c5ccc(N(c6ccc(CCCC)cc6)c6ccc(CCCC)cc6)cc5)cc4)cc3)cc2)cc1. The second-order valence-electron chi connectivity index (χ2n) is 29.9. The van der Waals surface area contributed by atoms with Crippen LogP contribution in [0.3, 0.4) is 0 Å². The van der Waals surface area contributed by atoms with Gasteiger partial charge >= 0.3 is 0 Å². The van der Waals surface area contributed by atoms with Crippen molar-refractivity contribution in [1.29, 1.82) is 0 Å². The van der Waals surface area contributed by atoms with Crippen molar-refractivity contribution in [2.75, 3.05) is 29.4 Å². The summed E-state index contributed by atoms with van der Waals surface area (Å²) in [5.74, 6) is 0. The Morgan fingerprint density at radius 3 is 0.327 bits per heavy atom. The Balaban J connectivity index is 0.868. The molecule has 0 amide bonds. The van der Waals surface area contributed by atoms with Crippen LogP contribution in [0.1, 0.15) is 163 Å². The van der Waals surface area contributed by atoms with Crippen molar-refractivity contribution >= 4 is 102 Å². The molecule has 110 heavy (non-hydrogen) atoms. The number of anilines is 18. The summed E-state index contributed by atoms with van der Waals surface area (Å²) in [7, 11) is 0. The van der Waals surface area contributed by atoms with E-state index >= 15 is 0 Å². The van der Waals surface area contributed by atoms with Crippen molar-refractivity contribution in [3.05, 3.63) is 360 Å². The Labute approximate surface area is 658 Å². The third kappa shape index (κ3) is 19.2. The predicted octanol–water partition coefficient (Wildman–Crippen LogP) is 31.2. The van der Waals surface area contributed by atoms with Gasteiger partial charge in [0.05, 0.1) is 0 Å². The fourth-order valence-electron chi connectivity index (χ4n) is 15.0. The van der Waals surface area contributed by atoms with Crippen LogP contribution in [0.25, 0.3) is 0 Å². The minimum absolute atomic E-state index is 1.04. The lowest BCUT2D eigenvalue weighted by atomic mass is 10.1. The van der Waals surface area contributed by atoms with Crippen LogP contribution in [-0.4, -0.2) is 0 Å². The lowest BCUT2D eigenvalue weighted by Gasteiger charge is -2.31. The van der Waals surface area contributed by atoms with Crippen LogP contribution < -0.4 is 29.4 Å². The van der Waals surface area contributed by atoms with E-state index in [2.05, 4.69) is 400 Å². The van der Waals surface area contributed by atoms with Crippen molar-refractivity contribution in [3.8, 4) is 0 Å². The summed E-state index contributed by atoms with van der Waals surface area (Å²) in [6, 6.07) is 119. The Morgan fingerprint density at radius 1 is 0.136 bits per heavy atom. The quantitative estimate of drug-likeness (QED) is 0.0387. The standard InChI is InChI=1S/C104H112N6/c1-9-15-21-81-31-47-89(48-32-81)107(90-49-33-82(34-50-90)22-16-10-2)99-67-63-97(64-68-99)105(87-43-27-79(7)28-44-87)95-59-61-96(62-60-95)106(88-45-29-80(8)30-46-88)98-65-73-102(74-66-98)110(103-75-69-100(70-76-103)108(91-51-35-83(36-52-91)23-17-11-3)92-53-37-84(38-54-92)24-18-12-4)104-77-71-101(72-78-104)109(93-55-39-85(40-56-93)25-19-13-5)94-57-41-86(42-58-94)26-20-14-6/h27-78H,9-26H2,1-8H3.